The number of carbonyl (C=O) groups is 1. The van der Waals surface area contributed by atoms with Gasteiger partial charge >= 0.3 is 0 Å². The standard InChI is InChI=1S/C9H12O.C7H8O/c1-4-5-6-7-8(2)9(3)10;1-6-2-4-7(8)5-3-6/h4-7H,2H2,1,3H3;2-5,8H,1H3/b5-4-,7-6-;. The molecule has 18 heavy (non-hydrogen) atoms. The fourth-order valence-corrected chi connectivity index (χ4v) is 0.945. The van der Waals surface area contributed by atoms with Gasteiger partial charge in [-0.05, 0) is 32.9 Å². The predicted molar refractivity (Wildman–Crippen MR) is 76.6 cm³/mol. The molecule has 0 aliphatic carbocycles. The number of rotatable bonds is 3. The maximum absolute atomic E-state index is 10.6. The minimum absolute atomic E-state index is 0.0146. The molecule has 0 fully saturated rings. The van der Waals surface area contributed by atoms with Gasteiger partial charge in [0.25, 0.3) is 0 Å². The van der Waals surface area contributed by atoms with Gasteiger partial charge in [0.1, 0.15) is 5.75 Å². The van der Waals surface area contributed by atoms with Crippen LogP contribution in [0.5, 0.6) is 5.75 Å². The number of benzene rings is 1. The third-order valence-corrected chi connectivity index (χ3v) is 2.09. The third kappa shape index (κ3) is 8.11. The van der Waals surface area contributed by atoms with E-state index in [0.717, 1.165) is 0 Å². The molecule has 96 valence electrons. The van der Waals surface area contributed by atoms with E-state index in [9.17, 15) is 4.79 Å². The maximum atomic E-state index is 10.6. The average molecular weight is 244 g/mol. The molecule has 0 saturated heterocycles. The van der Waals surface area contributed by atoms with Gasteiger partial charge in [-0.1, -0.05) is 48.6 Å². The Balaban J connectivity index is 0.000000327. The summed E-state index contributed by atoms with van der Waals surface area (Å²) in [6.07, 6.45) is 7.24. The molecule has 0 radical (unpaired) electrons. The fraction of sp³-hybridized carbons (Fsp3) is 0.188. The molecule has 1 aromatic rings. The number of phenols is 1. The summed E-state index contributed by atoms with van der Waals surface area (Å²) in [7, 11) is 0. The highest BCUT2D eigenvalue weighted by Gasteiger charge is 1.91. The second-order valence-corrected chi connectivity index (χ2v) is 3.80. The summed E-state index contributed by atoms with van der Waals surface area (Å²) >= 11 is 0. The van der Waals surface area contributed by atoms with Crippen molar-refractivity contribution in [3.8, 4) is 5.75 Å². The van der Waals surface area contributed by atoms with Gasteiger partial charge in [-0.2, -0.15) is 0 Å². The first kappa shape index (κ1) is 15.9. The first-order valence-corrected chi connectivity index (χ1v) is 5.72. The summed E-state index contributed by atoms with van der Waals surface area (Å²) < 4.78 is 0. The minimum Gasteiger partial charge on any atom is -0.508 e. The van der Waals surface area contributed by atoms with Crippen molar-refractivity contribution in [1.82, 2.24) is 0 Å². The summed E-state index contributed by atoms with van der Waals surface area (Å²) in [5.74, 6) is 0.344. The van der Waals surface area contributed by atoms with Gasteiger partial charge in [0.2, 0.25) is 0 Å². The van der Waals surface area contributed by atoms with Crippen molar-refractivity contribution in [3.63, 3.8) is 0 Å². The molecule has 0 aliphatic rings. The molecule has 0 amide bonds. The Bertz CT molecular complexity index is 416. The van der Waals surface area contributed by atoms with Gasteiger partial charge in [-0.25, -0.2) is 0 Å². The van der Waals surface area contributed by atoms with Crippen molar-refractivity contribution in [3.05, 3.63) is 66.3 Å². The quantitative estimate of drug-likeness (QED) is 0.645. The SMILES string of the molecule is C=C(/C=C\C=C/C)C(C)=O.Cc1ccc(O)cc1. The number of hydrogen-bond donors (Lipinski definition) is 1. The Morgan fingerprint density at radius 3 is 2.17 bits per heavy atom. The van der Waals surface area contributed by atoms with Crippen molar-refractivity contribution < 1.29 is 9.90 Å². The highest BCUT2D eigenvalue weighted by atomic mass is 16.3. The number of hydrogen-bond acceptors (Lipinski definition) is 2. The lowest BCUT2D eigenvalue weighted by Gasteiger charge is -1.89. The first-order valence-electron chi connectivity index (χ1n) is 5.72. The molecular weight excluding hydrogens is 224 g/mol. The second kappa shape index (κ2) is 8.99. The molecule has 1 aromatic carbocycles. The zero-order chi connectivity index (χ0) is 14.0. The third-order valence-electron chi connectivity index (χ3n) is 2.09. The minimum atomic E-state index is 0.0146. The van der Waals surface area contributed by atoms with E-state index in [1.807, 2.05) is 38.1 Å². The Hall–Kier alpha value is -2.09. The van der Waals surface area contributed by atoms with Crippen molar-refractivity contribution in [2.45, 2.75) is 20.8 Å². The number of Topliss-reactive ketones (excluding diaryl/α,β-unsaturated/α-hetero) is 1. The van der Waals surface area contributed by atoms with Crippen LogP contribution in [0.2, 0.25) is 0 Å². The number of allylic oxidation sites excluding steroid dienone is 5. The first-order chi connectivity index (χ1) is 8.47. The number of phenolic OH excluding ortho intramolecular Hbond substituents is 1. The second-order valence-electron chi connectivity index (χ2n) is 3.80. The molecular formula is C16H20O2. The summed E-state index contributed by atoms with van der Waals surface area (Å²) in [5.41, 5.74) is 1.71. The van der Waals surface area contributed by atoms with Gasteiger partial charge in [0, 0.05) is 5.57 Å². The molecule has 0 atom stereocenters. The van der Waals surface area contributed by atoms with E-state index < -0.39 is 0 Å². The fourth-order valence-electron chi connectivity index (χ4n) is 0.945. The van der Waals surface area contributed by atoms with Crippen molar-refractivity contribution in [1.29, 1.82) is 0 Å². The molecule has 0 aromatic heterocycles. The highest BCUT2D eigenvalue weighted by molar-refractivity contribution is 5.95. The molecule has 0 unspecified atom stereocenters. The van der Waals surface area contributed by atoms with Crippen LogP contribution in [-0.2, 0) is 4.79 Å². The Morgan fingerprint density at radius 1 is 1.22 bits per heavy atom. The van der Waals surface area contributed by atoms with E-state index in [1.54, 1.807) is 24.3 Å². The normalized spacial score (nSPS) is 10.2. The molecule has 0 spiro atoms. The Labute approximate surface area is 109 Å². The van der Waals surface area contributed by atoms with E-state index in [0.29, 0.717) is 11.3 Å². The summed E-state index contributed by atoms with van der Waals surface area (Å²) in [6, 6.07) is 7.09. The number of aryl methyl sites for hydroxylation is 1. The van der Waals surface area contributed by atoms with E-state index in [-0.39, 0.29) is 5.78 Å². The molecule has 2 heteroatoms. The zero-order valence-corrected chi connectivity index (χ0v) is 11.2. The van der Waals surface area contributed by atoms with Crippen molar-refractivity contribution >= 4 is 5.78 Å². The number of ketones is 1. The van der Waals surface area contributed by atoms with Crippen LogP contribution in [0.3, 0.4) is 0 Å². The molecule has 0 aliphatic heterocycles. The Kier molecular flexibility index (Phi) is 7.95. The largest absolute Gasteiger partial charge is 0.508 e. The van der Waals surface area contributed by atoms with Crippen LogP contribution in [0.4, 0.5) is 0 Å². The van der Waals surface area contributed by atoms with Crippen LogP contribution >= 0.6 is 0 Å². The van der Waals surface area contributed by atoms with Crippen molar-refractivity contribution in [2.75, 3.05) is 0 Å². The predicted octanol–water partition coefficient (Wildman–Crippen LogP) is 3.96. The van der Waals surface area contributed by atoms with E-state index >= 15 is 0 Å². The van der Waals surface area contributed by atoms with Crippen LogP contribution < -0.4 is 0 Å². The van der Waals surface area contributed by atoms with Gasteiger partial charge in [-0.3, -0.25) is 4.79 Å². The van der Waals surface area contributed by atoms with Crippen LogP contribution in [-0.4, -0.2) is 10.9 Å². The number of carbonyl (C=O) groups excluding carboxylic acids is 1. The van der Waals surface area contributed by atoms with Gasteiger partial charge < -0.3 is 5.11 Å². The summed E-state index contributed by atoms with van der Waals surface area (Å²) in [4.78, 5) is 10.6. The monoisotopic (exact) mass is 244 g/mol. The molecule has 2 nitrogen and oxygen atoms in total. The van der Waals surface area contributed by atoms with Crippen LogP contribution in [0.25, 0.3) is 0 Å². The Morgan fingerprint density at radius 2 is 1.78 bits per heavy atom. The van der Waals surface area contributed by atoms with Gasteiger partial charge in [0.05, 0.1) is 0 Å². The highest BCUT2D eigenvalue weighted by Crippen LogP contribution is 2.07. The lowest BCUT2D eigenvalue weighted by atomic mass is 10.2. The zero-order valence-electron chi connectivity index (χ0n) is 11.2. The molecule has 0 heterocycles. The molecule has 1 rings (SSSR count). The summed E-state index contributed by atoms with van der Waals surface area (Å²) in [6.45, 7) is 8.96. The molecule has 0 bridgehead atoms. The van der Waals surface area contributed by atoms with E-state index in [1.165, 1.54) is 12.5 Å². The van der Waals surface area contributed by atoms with Crippen molar-refractivity contribution in [2.24, 2.45) is 0 Å². The topological polar surface area (TPSA) is 37.3 Å². The van der Waals surface area contributed by atoms with Crippen LogP contribution in [0, 0.1) is 6.92 Å². The lowest BCUT2D eigenvalue weighted by molar-refractivity contribution is -0.113. The van der Waals surface area contributed by atoms with Crippen LogP contribution in [0.15, 0.2) is 60.7 Å². The maximum Gasteiger partial charge on any atom is 0.159 e. The number of aromatic hydroxyl groups is 1. The average Bonchev–Trinajstić information content (AvgIpc) is 2.34. The summed E-state index contributed by atoms with van der Waals surface area (Å²) in [5, 5.41) is 8.76. The van der Waals surface area contributed by atoms with Gasteiger partial charge in [0.15, 0.2) is 5.78 Å². The van der Waals surface area contributed by atoms with E-state index in [4.69, 9.17) is 5.11 Å². The van der Waals surface area contributed by atoms with Gasteiger partial charge in [-0.15, -0.1) is 0 Å². The molecule has 1 N–H and O–H groups in total. The van der Waals surface area contributed by atoms with Crippen LogP contribution in [0.1, 0.15) is 19.4 Å². The lowest BCUT2D eigenvalue weighted by Crippen LogP contribution is -1.89. The van der Waals surface area contributed by atoms with E-state index in [2.05, 4.69) is 6.58 Å². The smallest absolute Gasteiger partial charge is 0.159 e. The molecule has 0 saturated carbocycles.